The zero-order valence-corrected chi connectivity index (χ0v) is 18.5. The maximum absolute atomic E-state index is 6.41. The van der Waals surface area contributed by atoms with E-state index in [2.05, 4.69) is 37.7 Å². The molecule has 0 bridgehead atoms. The van der Waals surface area contributed by atoms with Crippen LogP contribution >= 0.6 is 11.3 Å². The molecule has 0 aliphatic rings. The van der Waals surface area contributed by atoms with Gasteiger partial charge >= 0.3 is 0 Å². The van der Waals surface area contributed by atoms with Crippen LogP contribution in [0.1, 0.15) is 5.56 Å². The molecule has 4 aromatic heterocycles. The van der Waals surface area contributed by atoms with Gasteiger partial charge in [0.05, 0.1) is 10.4 Å². The Morgan fingerprint density at radius 1 is 0.909 bits per heavy atom. The number of aromatic nitrogens is 5. The summed E-state index contributed by atoms with van der Waals surface area (Å²) in [6, 6.07) is 15.8. The predicted molar refractivity (Wildman–Crippen MR) is 133 cm³/mol. The minimum atomic E-state index is -0.0583. The van der Waals surface area contributed by atoms with Crippen LogP contribution in [0.25, 0.3) is 21.6 Å². The summed E-state index contributed by atoms with van der Waals surface area (Å²) in [5, 5.41) is 8.72. The van der Waals surface area contributed by atoms with E-state index in [0.29, 0.717) is 18.3 Å². The molecule has 0 saturated heterocycles. The molecule has 5 rings (SSSR count). The van der Waals surface area contributed by atoms with Crippen LogP contribution in [0, 0.1) is 0 Å². The van der Waals surface area contributed by atoms with Gasteiger partial charge in [0.2, 0.25) is 5.95 Å². The van der Waals surface area contributed by atoms with E-state index in [-0.39, 0.29) is 6.04 Å². The van der Waals surface area contributed by atoms with Crippen LogP contribution in [0.5, 0.6) is 0 Å². The van der Waals surface area contributed by atoms with Gasteiger partial charge in [-0.25, -0.2) is 19.9 Å². The Hall–Kier alpha value is -3.95. The number of nitrogens with one attached hydrogen (secondary N) is 2. The molecular formula is C24H22N8S. The van der Waals surface area contributed by atoms with E-state index in [0.717, 1.165) is 33.7 Å². The minimum Gasteiger partial charge on any atom is -0.367 e. The Morgan fingerprint density at radius 3 is 2.48 bits per heavy atom. The van der Waals surface area contributed by atoms with Gasteiger partial charge in [0.1, 0.15) is 11.3 Å². The largest absolute Gasteiger partial charge is 0.367 e. The fraction of sp³-hybridized carbons (Fsp3) is 0.125. The third-order valence-corrected chi connectivity index (χ3v) is 6.01. The molecule has 0 aliphatic heterocycles. The van der Waals surface area contributed by atoms with Crippen LogP contribution in [0.4, 0.5) is 17.5 Å². The maximum atomic E-state index is 6.41. The monoisotopic (exact) mass is 454 g/mol. The van der Waals surface area contributed by atoms with Crippen molar-refractivity contribution >= 4 is 39.0 Å². The second kappa shape index (κ2) is 9.68. The van der Waals surface area contributed by atoms with Gasteiger partial charge in [0, 0.05) is 48.3 Å². The molecule has 33 heavy (non-hydrogen) atoms. The predicted octanol–water partition coefficient (Wildman–Crippen LogP) is 4.27. The van der Waals surface area contributed by atoms with Crippen molar-refractivity contribution in [3.05, 3.63) is 84.3 Å². The fourth-order valence-electron chi connectivity index (χ4n) is 3.46. The number of hydrogen-bond donors (Lipinski definition) is 3. The summed E-state index contributed by atoms with van der Waals surface area (Å²) in [5.74, 6) is 1.88. The van der Waals surface area contributed by atoms with Crippen LogP contribution in [-0.2, 0) is 6.42 Å². The minimum absolute atomic E-state index is 0.0583. The lowest BCUT2D eigenvalue weighted by atomic mass is 10.1. The number of rotatable bonds is 8. The molecule has 4 N–H and O–H groups in total. The number of pyridine rings is 1. The van der Waals surface area contributed by atoms with Crippen LogP contribution in [0.3, 0.4) is 0 Å². The molecule has 4 heterocycles. The molecule has 164 valence electrons. The van der Waals surface area contributed by atoms with E-state index in [1.807, 2.05) is 35.7 Å². The van der Waals surface area contributed by atoms with Gasteiger partial charge in [-0.1, -0.05) is 30.3 Å². The average molecular weight is 455 g/mol. The number of nitrogens with two attached hydrogens (primary N) is 1. The molecule has 0 radical (unpaired) electrons. The number of fused-ring (bicyclic) bond motifs is 1. The number of thiophene rings is 1. The zero-order chi connectivity index (χ0) is 22.5. The van der Waals surface area contributed by atoms with Crippen molar-refractivity contribution in [3.63, 3.8) is 0 Å². The third-order valence-electron chi connectivity index (χ3n) is 5.04. The first-order valence-electron chi connectivity index (χ1n) is 10.5. The van der Waals surface area contributed by atoms with Gasteiger partial charge < -0.3 is 16.4 Å². The van der Waals surface area contributed by atoms with Crippen LogP contribution in [-0.4, -0.2) is 37.5 Å². The van der Waals surface area contributed by atoms with Gasteiger partial charge in [-0.3, -0.25) is 4.98 Å². The Bertz CT molecular complexity index is 1330. The number of benzene rings is 1. The highest BCUT2D eigenvalue weighted by atomic mass is 32.1. The van der Waals surface area contributed by atoms with Gasteiger partial charge in [0.15, 0.2) is 5.82 Å². The van der Waals surface area contributed by atoms with E-state index in [1.165, 1.54) is 5.56 Å². The summed E-state index contributed by atoms with van der Waals surface area (Å²) in [6.07, 6.45) is 7.64. The summed E-state index contributed by atoms with van der Waals surface area (Å²) < 4.78 is 0.943. The molecule has 9 heteroatoms. The molecule has 0 fully saturated rings. The van der Waals surface area contributed by atoms with Crippen LogP contribution < -0.4 is 16.4 Å². The van der Waals surface area contributed by atoms with Gasteiger partial charge in [-0.2, -0.15) is 0 Å². The van der Waals surface area contributed by atoms with E-state index < -0.39 is 0 Å². The van der Waals surface area contributed by atoms with Crippen molar-refractivity contribution in [2.75, 3.05) is 17.2 Å². The maximum Gasteiger partial charge on any atom is 0.227 e. The lowest BCUT2D eigenvalue weighted by Crippen LogP contribution is -2.31. The Kier molecular flexibility index (Phi) is 6.14. The SMILES string of the molecule is N[C@H](CNc1nc(-c2ccncc2)nc2c(Nc3ncccn3)csc12)Cc1ccccc1. The summed E-state index contributed by atoms with van der Waals surface area (Å²) in [6.45, 7) is 0.583. The van der Waals surface area contributed by atoms with Crippen LogP contribution in [0.15, 0.2) is 78.7 Å². The first-order valence-corrected chi connectivity index (χ1v) is 11.4. The standard InChI is InChI=1S/C24H22N8S/c25-18(13-16-5-2-1-3-6-16)14-29-23-21-20(31-22(32-23)17-7-11-26-12-8-17)19(15-33-21)30-24-27-9-4-10-28-24/h1-12,15,18H,13-14,25H2,(H,27,28,30)(H,29,31,32)/t18-/m0/s1. The van der Waals surface area contributed by atoms with Crippen molar-refractivity contribution in [3.8, 4) is 11.4 Å². The first-order chi connectivity index (χ1) is 16.3. The summed E-state index contributed by atoms with van der Waals surface area (Å²) in [7, 11) is 0. The quantitative estimate of drug-likeness (QED) is 0.318. The molecule has 5 aromatic rings. The first kappa shape index (κ1) is 20.9. The third kappa shape index (κ3) is 4.94. The van der Waals surface area contributed by atoms with E-state index >= 15 is 0 Å². The smallest absolute Gasteiger partial charge is 0.227 e. The highest BCUT2D eigenvalue weighted by molar-refractivity contribution is 7.18. The second-order valence-electron chi connectivity index (χ2n) is 7.49. The van der Waals surface area contributed by atoms with E-state index in [9.17, 15) is 0 Å². The zero-order valence-electron chi connectivity index (χ0n) is 17.7. The topological polar surface area (TPSA) is 115 Å². The van der Waals surface area contributed by atoms with E-state index in [1.54, 1.807) is 42.2 Å². The lowest BCUT2D eigenvalue weighted by molar-refractivity contribution is 0.698. The number of hydrogen-bond acceptors (Lipinski definition) is 9. The molecule has 0 saturated carbocycles. The molecule has 0 unspecified atom stereocenters. The highest BCUT2D eigenvalue weighted by Gasteiger charge is 2.16. The number of nitrogens with zero attached hydrogens (tertiary/aromatic N) is 5. The van der Waals surface area contributed by atoms with Gasteiger partial charge in [0.25, 0.3) is 0 Å². The van der Waals surface area contributed by atoms with Crippen molar-refractivity contribution in [2.24, 2.45) is 5.73 Å². The number of anilines is 3. The Labute approximate surface area is 195 Å². The van der Waals surface area contributed by atoms with Crippen molar-refractivity contribution in [2.45, 2.75) is 12.5 Å². The average Bonchev–Trinajstić information content (AvgIpc) is 3.27. The molecule has 0 amide bonds. The molecular weight excluding hydrogens is 432 g/mol. The molecule has 0 spiro atoms. The summed E-state index contributed by atoms with van der Waals surface area (Å²) in [5.41, 5.74) is 10.1. The molecule has 8 nitrogen and oxygen atoms in total. The molecule has 0 aliphatic carbocycles. The van der Waals surface area contributed by atoms with Crippen LogP contribution in [0.2, 0.25) is 0 Å². The fourth-order valence-corrected chi connectivity index (χ4v) is 4.36. The van der Waals surface area contributed by atoms with E-state index in [4.69, 9.17) is 15.7 Å². The van der Waals surface area contributed by atoms with Gasteiger partial charge in [-0.05, 0) is 30.2 Å². The molecule has 1 aromatic carbocycles. The Balaban J connectivity index is 1.46. The van der Waals surface area contributed by atoms with Crippen molar-refractivity contribution in [1.82, 2.24) is 24.9 Å². The Morgan fingerprint density at radius 2 is 1.70 bits per heavy atom. The summed E-state index contributed by atoms with van der Waals surface area (Å²) in [4.78, 5) is 22.3. The van der Waals surface area contributed by atoms with Crippen molar-refractivity contribution < 1.29 is 0 Å². The van der Waals surface area contributed by atoms with Crippen molar-refractivity contribution in [1.29, 1.82) is 0 Å². The highest BCUT2D eigenvalue weighted by Crippen LogP contribution is 2.36. The second-order valence-corrected chi connectivity index (χ2v) is 8.37. The summed E-state index contributed by atoms with van der Waals surface area (Å²) >= 11 is 1.56. The molecule has 1 atom stereocenters. The van der Waals surface area contributed by atoms with Gasteiger partial charge in [-0.15, -0.1) is 11.3 Å². The lowest BCUT2D eigenvalue weighted by Gasteiger charge is -2.14. The normalized spacial score (nSPS) is 11.9.